The largest absolute Gasteiger partial charge is 0.399 e. The van der Waals surface area contributed by atoms with E-state index in [2.05, 4.69) is 10.6 Å². The van der Waals surface area contributed by atoms with Gasteiger partial charge in [-0.1, -0.05) is 72.3 Å². The number of nitrogen functional groups attached to an aromatic ring is 1. The number of benzene rings is 3. The number of hydrogen-bond acceptors (Lipinski definition) is 4. The lowest BCUT2D eigenvalue weighted by Crippen LogP contribution is -2.30. The Hall–Kier alpha value is -3.75. The van der Waals surface area contributed by atoms with Gasteiger partial charge < -0.3 is 16.4 Å². The number of amides is 1. The highest BCUT2D eigenvalue weighted by atomic mass is 35.5. The standard InChI is InChI=1S/C23H19ClN4O/c24-20-13-19(26)11-12-21(20)27-15-18(14-25)23(29)28-22(16-7-3-1-4-8-16)17-9-5-2-6-10-17/h1-13,15,22,27H,26H2,(H,28,29)/b18-15-. The van der Waals surface area contributed by atoms with Gasteiger partial charge in [-0.15, -0.1) is 0 Å². The molecule has 1 amide bonds. The van der Waals surface area contributed by atoms with Crippen LogP contribution in [-0.4, -0.2) is 5.91 Å². The molecule has 0 aromatic heterocycles. The van der Waals surface area contributed by atoms with E-state index in [1.54, 1.807) is 18.2 Å². The third-order valence-corrected chi connectivity index (χ3v) is 4.58. The maximum atomic E-state index is 12.8. The van der Waals surface area contributed by atoms with Crippen molar-refractivity contribution in [1.29, 1.82) is 5.26 Å². The average molecular weight is 403 g/mol. The number of carbonyl (C=O) groups is 1. The molecule has 0 saturated carbocycles. The lowest BCUT2D eigenvalue weighted by Gasteiger charge is -2.19. The summed E-state index contributed by atoms with van der Waals surface area (Å²) in [5, 5.41) is 15.7. The maximum absolute atomic E-state index is 12.8. The third kappa shape index (κ3) is 5.16. The van der Waals surface area contributed by atoms with Gasteiger partial charge in [-0.3, -0.25) is 4.79 Å². The van der Waals surface area contributed by atoms with Crippen molar-refractivity contribution in [1.82, 2.24) is 5.32 Å². The summed E-state index contributed by atoms with van der Waals surface area (Å²) < 4.78 is 0. The molecule has 3 aromatic rings. The molecular formula is C23H19ClN4O. The molecule has 6 heteroatoms. The van der Waals surface area contributed by atoms with E-state index in [-0.39, 0.29) is 11.6 Å². The van der Waals surface area contributed by atoms with Gasteiger partial charge in [0.25, 0.3) is 5.91 Å². The number of nitrogens with zero attached hydrogens (tertiary/aromatic N) is 1. The fraction of sp³-hybridized carbons (Fsp3) is 0.0435. The average Bonchev–Trinajstić information content (AvgIpc) is 2.75. The van der Waals surface area contributed by atoms with Crippen molar-refractivity contribution >= 4 is 28.9 Å². The van der Waals surface area contributed by atoms with Crippen LogP contribution in [0, 0.1) is 11.3 Å². The van der Waals surface area contributed by atoms with Crippen molar-refractivity contribution in [3.05, 3.63) is 107 Å². The fourth-order valence-corrected chi connectivity index (χ4v) is 3.05. The number of carbonyl (C=O) groups excluding carboxylic acids is 1. The summed E-state index contributed by atoms with van der Waals surface area (Å²) >= 11 is 6.12. The van der Waals surface area contributed by atoms with Crippen LogP contribution in [0.1, 0.15) is 17.2 Å². The molecule has 0 atom stereocenters. The van der Waals surface area contributed by atoms with Gasteiger partial charge in [-0.05, 0) is 29.3 Å². The number of nitrogens with one attached hydrogen (secondary N) is 2. The molecular weight excluding hydrogens is 384 g/mol. The summed E-state index contributed by atoms with van der Waals surface area (Å²) in [6.45, 7) is 0. The Morgan fingerprint density at radius 3 is 2.10 bits per heavy atom. The van der Waals surface area contributed by atoms with Crippen molar-refractivity contribution in [2.24, 2.45) is 0 Å². The van der Waals surface area contributed by atoms with E-state index >= 15 is 0 Å². The second-order valence-electron chi connectivity index (χ2n) is 6.28. The summed E-state index contributed by atoms with van der Waals surface area (Å²) in [6.07, 6.45) is 1.33. The highest BCUT2D eigenvalue weighted by Gasteiger charge is 2.19. The first-order valence-electron chi connectivity index (χ1n) is 8.91. The van der Waals surface area contributed by atoms with Crippen LogP contribution in [0.25, 0.3) is 0 Å². The van der Waals surface area contributed by atoms with Gasteiger partial charge >= 0.3 is 0 Å². The van der Waals surface area contributed by atoms with E-state index in [4.69, 9.17) is 17.3 Å². The van der Waals surface area contributed by atoms with Gasteiger partial charge in [-0.25, -0.2) is 0 Å². The number of anilines is 2. The van der Waals surface area contributed by atoms with Gasteiger partial charge in [0.1, 0.15) is 11.6 Å². The highest BCUT2D eigenvalue weighted by molar-refractivity contribution is 6.33. The zero-order valence-electron chi connectivity index (χ0n) is 15.5. The first-order valence-corrected chi connectivity index (χ1v) is 9.29. The molecule has 144 valence electrons. The number of halogens is 1. The summed E-state index contributed by atoms with van der Waals surface area (Å²) in [6, 6.07) is 25.7. The van der Waals surface area contributed by atoms with Crippen molar-refractivity contribution in [3.8, 4) is 6.07 Å². The molecule has 0 bridgehead atoms. The van der Waals surface area contributed by atoms with Gasteiger partial charge in [0.15, 0.2) is 0 Å². The lowest BCUT2D eigenvalue weighted by molar-refractivity contribution is -0.117. The second-order valence-corrected chi connectivity index (χ2v) is 6.69. The van der Waals surface area contributed by atoms with Crippen molar-refractivity contribution in [3.63, 3.8) is 0 Å². The van der Waals surface area contributed by atoms with E-state index in [0.29, 0.717) is 16.4 Å². The molecule has 0 fully saturated rings. The zero-order chi connectivity index (χ0) is 20.6. The van der Waals surface area contributed by atoms with Crippen molar-refractivity contribution in [2.45, 2.75) is 6.04 Å². The molecule has 29 heavy (non-hydrogen) atoms. The summed E-state index contributed by atoms with van der Waals surface area (Å²) in [5.74, 6) is -0.496. The topological polar surface area (TPSA) is 90.9 Å². The van der Waals surface area contributed by atoms with E-state index in [9.17, 15) is 10.1 Å². The summed E-state index contributed by atoms with van der Waals surface area (Å²) in [5.41, 5.74) is 8.51. The van der Waals surface area contributed by atoms with E-state index in [1.165, 1.54) is 6.20 Å². The SMILES string of the molecule is N#C/C(=C/Nc1ccc(N)cc1Cl)C(=O)NC(c1ccccc1)c1ccccc1. The quantitative estimate of drug-likeness (QED) is 0.318. The molecule has 3 aromatic carbocycles. The van der Waals surface area contributed by atoms with Crippen molar-refractivity contribution < 1.29 is 4.79 Å². The number of nitrogens with two attached hydrogens (primary N) is 1. The van der Waals surface area contributed by atoms with Gasteiger partial charge in [0.05, 0.1) is 16.8 Å². The summed E-state index contributed by atoms with van der Waals surface area (Å²) in [4.78, 5) is 12.8. The first-order chi connectivity index (χ1) is 14.1. The Bertz CT molecular complexity index is 1020. The molecule has 0 aliphatic rings. The molecule has 0 aliphatic heterocycles. The Kier molecular flexibility index (Phi) is 6.51. The summed E-state index contributed by atoms with van der Waals surface area (Å²) in [7, 11) is 0. The minimum atomic E-state index is -0.496. The third-order valence-electron chi connectivity index (χ3n) is 4.27. The number of nitriles is 1. The van der Waals surface area contributed by atoms with Crippen LogP contribution in [-0.2, 0) is 4.79 Å². The minimum Gasteiger partial charge on any atom is -0.399 e. The molecule has 0 heterocycles. The van der Waals surface area contributed by atoms with E-state index in [1.807, 2.05) is 66.7 Å². The Morgan fingerprint density at radius 1 is 1.00 bits per heavy atom. The number of hydrogen-bond donors (Lipinski definition) is 3. The Labute approximate surface area is 174 Å². The molecule has 0 aliphatic carbocycles. The molecule has 4 N–H and O–H groups in total. The number of rotatable bonds is 6. The monoisotopic (exact) mass is 402 g/mol. The van der Waals surface area contributed by atoms with Gasteiger partial charge in [0, 0.05) is 11.9 Å². The Balaban J connectivity index is 1.83. The highest BCUT2D eigenvalue weighted by Crippen LogP contribution is 2.25. The molecule has 0 unspecified atom stereocenters. The van der Waals surface area contributed by atoms with Gasteiger partial charge in [0.2, 0.25) is 0 Å². The van der Waals surface area contributed by atoms with Crippen LogP contribution < -0.4 is 16.4 Å². The van der Waals surface area contributed by atoms with Crippen LogP contribution in [0.4, 0.5) is 11.4 Å². The van der Waals surface area contributed by atoms with E-state index in [0.717, 1.165) is 11.1 Å². The smallest absolute Gasteiger partial charge is 0.264 e. The van der Waals surface area contributed by atoms with Gasteiger partial charge in [-0.2, -0.15) is 5.26 Å². The van der Waals surface area contributed by atoms with Crippen molar-refractivity contribution in [2.75, 3.05) is 11.1 Å². The first kappa shape index (κ1) is 20.0. The lowest BCUT2D eigenvalue weighted by atomic mass is 9.98. The predicted molar refractivity (Wildman–Crippen MR) is 116 cm³/mol. The van der Waals surface area contributed by atoms with Crippen LogP contribution >= 0.6 is 11.6 Å². The van der Waals surface area contributed by atoms with Crippen LogP contribution in [0.5, 0.6) is 0 Å². The zero-order valence-corrected chi connectivity index (χ0v) is 16.2. The van der Waals surface area contributed by atoms with Crippen LogP contribution in [0.15, 0.2) is 90.6 Å². The van der Waals surface area contributed by atoms with Crippen LogP contribution in [0.3, 0.4) is 0 Å². The normalized spacial score (nSPS) is 11.0. The molecule has 0 saturated heterocycles. The van der Waals surface area contributed by atoms with Crippen LogP contribution in [0.2, 0.25) is 5.02 Å². The predicted octanol–water partition coefficient (Wildman–Crippen LogP) is 4.65. The fourth-order valence-electron chi connectivity index (χ4n) is 2.81. The maximum Gasteiger partial charge on any atom is 0.264 e. The Morgan fingerprint density at radius 2 is 1.59 bits per heavy atom. The minimum absolute atomic E-state index is 0.0743. The molecule has 5 nitrogen and oxygen atoms in total. The van der Waals surface area contributed by atoms with E-state index < -0.39 is 5.91 Å². The molecule has 0 radical (unpaired) electrons. The molecule has 3 rings (SSSR count). The molecule has 0 spiro atoms. The second kappa shape index (κ2) is 9.45.